The molecule has 2 rings (SSSR count). The second kappa shape index (κ2) is 6.28. The number of benzene rings is 1. The molecule has 1 unspecified atom stereocenters. The Morgan fingerprint density at radius 2 is 2.00 bits per heavy atom. The van der Waals surface area contributed by atoms with Crippen LogP contribution in [0.3, 0.4) is 0 Å². The first-order valence-corrected chi connectivity index (χ1v) is 8.14. The first-order valence-electron chi connectivity index (χ1n) is 6.66. The number of nitrogens with one attached hydrogen (secondary N) is 1. The lowest BCUT2D eigenvalue weighted by atomic mass is 10.2. The van der Waals surface area contributed by atoms with Gasteiger partial charge in [0, 0.05) is 38.6 Å². The Kier molecular flexibility index (Phi) is 4.64. The normalized spacial score (nSPS) is 13.1. The first-order chi connectivity index (χ1) is 9.90. The number of hydrogen-bond acceptors (Lipinski definition) is 4. The third kappa shape index (κ3) is 3.83. The lowest BCUT2D eigenvalue weighted by Gasteiger charge is -2.27. The summed E-state index contributed by atoms with van der Waals surface area (Å²) in [6, 6.07) is 9.88. The van der Waals surface area contributed by atoms with E-state index in [1.165, 1.54) is 17.1 Å². The van der Waals surface area contributed by atoms with Gasteiger partial charge in [0.15, 0.2) is 0 Å². The number of sulfonamides is 1. The van der Waals surface area contributed by atoms with Crippen LogP contribution in [0.1, 0.15) is 6.92 Å². The summed E-state index contributed by atoms with van der Waals surface area (Å²) in [6.45, 7) is 2.29. The molecular formula is C14H20N4O2S. The molecular weight excluding hydrogens is 288 g/mol. The molecule has 0 radical (unpaired) electrons. The van der Waals surface area contributed by atoms with Crippen molar-refractivity contribution in [1.82, 2.24) is 14.5 Å². The highest BCUT2D eigenvalue weighted by molar-refractivity contribution is 7.89. The molecule has 6 nitrogen and oxygen atoms in total. The molecule has 21 heavy (non-hydrogen) atoms. The number of nitrogens with zero attached hydrogens (tertiary/aromatic N) is 3. The predicted molar refractivity (Wildman–Crippen MR) is 82.7 cm³/mol. The number of para-hydroxylation sites is 1. The summed E-state index contributed by atoms with van der Waals surface area (Å²) < 4.78 is 28.3. The molecule has 1 aromatic carbocycles. The Bertz CT molecular complexity index is 682. The lowest BCUT2D eigenvalue weighted by molar-refractivity contribution is 0.570. The fraction of sp³-hybridized carbons (Fsp3) is 0.357. The van der Waals surface area contributed by atoms with Gasteiger partial charge >= 0.3 is 0 Å². The summed E-state index contributed by atoms with van der Waals surface area (Å²) in [7, 11) is 0.118. The molecule has 1 heterocycles. The molecule has 0 spiro atoms. The summed E-state index contributed by atoms with van der Waals surface area (Å²) in [5.74, 6) is 0. The fourth-order valence-electron chi connectivity index (χ4n) is 1.91. The van der Waals surface area contributed by atoms with Gasteiger partial charge in [0.2, 0.25) is 10.0 Å². The van der Waals surface area contributed by atoms with Crippen molar-refractivity contribution in [2.45, 2.75) is 17.9 Å². The maximum Gasteiger partial charge on any atom is 0.243 e. The van der Waals surface area contributed by atoms with E-state index < -0.39 is 10.0 Å². The van der Waals surface area contributed by atoms with Crippen LogP contribution in [0.5, 0.6) is 0 Å². The Morgan fingerprint density at radius 3 is 2.57 bits per heavy atom. The van der Waals surface area contributed by atoms with Crippen LogP contribution in [-0.2, 0) is 17.1 Å². The van der Waals surface area contributed by atoms with E-state index >= 15 is 0 Å². The zero-order valence-electron chi connectivity index (χ0n) is 12.4. The van der Waals surface area contributed by atoms with Crippen LogP contribution in [0.2, 0.25) is 0 Å². The molecule has 1 N–H and O–H groups in total. The first kappa shape index (κ1) is 15.5. The number of hydrogen-bond donors (Lipinski definition) is 1. The molecule has 2 aromatic rings. The smallest absolute Gasteiger partial charge is 0.243 e. The third-order valence-corrected chi connectivity index (χ3v) is 4.76. The zero-order chi connectivity index (χ0) is 15.5. The van der Waals surface area contributed by atoms with E-state index in [0.717, 1.165) is 5.69 Å². The van der Waals surface area contributed by atoms with Gasteiger partial charge in [0.05, 0.1) is 6.20 Å². The van der Waals surface area contributed by atoms with Crippen molar-refractivity contribution in [3.63, 3.8) is 0 Å². The van der Waals surface area contributed by atoms with E-state index in [2.05, 4.69) is 9.82 Å². The molecule has 0 fully saturated rings. The minimum atomic E-state index is -3.51. The van der Waals surface area contributed by atoms with Crippen LogP contribution in [0.4, 0.5) is 5.69 Å². The topological polar surface area (TPSA) is 67.2 Å². The Hall–Kier alpha value is -1.86. The molecule has 0 aliphatic carbocycles. The van der Waals surface area contributed by atoms with Crippen LogP contribution in [0, 0.1) is 0 Å². The summed E-state index contributed by atoms with van der Waals surface area (Å²) in [6.07, 6.45) is 2.82. The summed E-state index contributed by atoms with van der Waals surface area (Å²) in [5, 5.41) is 3.88. The van der Waals surface area contributed by atoms with Crippen molar-refractivity contribution < 1.29 is 8.42 Å². The van der Waals surface area contributed by atoms with Gasteiger partial charge in [-0.25, -0.2) is 13.1 Å². The van der Waals surface area contributed by atoms with Crippen molar-refractivity contribution in [1.29, 1.82) is 0 Å². The number of likely N-dealkylation sites (N-methyl/N-ethyl adjacent to an activating group) is 1. The van der Waals surface area contributed by atoms with E-state index in [0.29, 0.717) is 6.54 Å². The molecule has 0 aliphatic heterocycles. The monoisotopic (exact) mass is 308 g/mol. The molecule has 7 heteroatoms. The summed E-state index contributed by atoms with van der Waals surface area (Å²) in [4.78, 5) is 2.21. The van der Waals surface area contributed by atoms with E-state index in [4.69, 9.17) is 0 Å². The second-order valence-electron chi connectivity index (χ2n) is 5.00. The molecule has 0 amide bonds. The molecule has 114 valence electrons. The van der Waals surface area contributed by atoms with Gasteiger partial charge in [-0.05, 0) is 19.1 Å². The Morgan fingerprint density at radius 1 is 1.33 bits per heavy atom. The van der Waals surface area contributed by atoms with Gasteiger partial charge in [0.25, 0.3) is 0 Å². The molecule has 1 atom stereocenters. The van der Waals surface area contributed by atoms with E-state index in [-0.39, 0.29) is 10.9 Å². The van der Waals surface area contributed by atoms with Crippen molar-refractivity contribution in [2.24, 2.45) is 7.05 Å². The minimum Gasteiger partial charge on any atom is -0.371 e. The molecule has 0 aliphatic rings. The Balaban J connectivity index is 1.99. The molecule has 0 bridgehead atoms. The van der Waals surface area contributed by atoms with Crippen LogP contribution >= 0.6 is 0 Å². The minimum absolute atomic E-state index is 0.0267. The highest BCUT2D eigenvalue weighted by Crippen LogP contribution is 2.14. The summed E-state index contributed by atoms with van der Waals surface area (Å²) in [5.41, 5.74) is 1.05. The van der Waals surface area contributed by atoms with Crippen molar-refractivity contribution in [3.8, 4) is 0 Å². The van der Waals surface area contributed by atoms with Crippen molar-refractivity contribution >= 4 is 15.7 Å². The maximum atomic E-state index is 12.1. The van der Waals surface area contributed by atoms with Crippen LogP contribution in [-0.4, -0.2) is 37.8 Å². The standard InChI is InChI=1S/C14H20N4O2S/c1-12(18(3)13-7-5-4-6-8-13)9-16-21(19,20)14-10-15-17(2)11-14/h4-8,10-12,16H,9H2,1-3H3. The average molecular weight is 308 g/mol. The number of aromatic nitrogens is 2. The highest BCUT2D eigenvalue weighted by atomic mass is 32.2. The summed E-state index contributed by atoms with van der Waals surface area (Å²) >= 11 is 0. The predicted octanol–water partition coefficient (Wildman–Crippen LogP) is 1.22. The van der Waals surface area contributed by atoms with Gasteiger partial charge < -0.3 is 4.90 Å². The van der Waals surface area contributed by atoms with E-state index in [1.54, 1.807) is 7.05 Å². The van der Waals surface area contributed by atoms with Gasteiger partial charge in [-0.15, -0.1) is 0 Å². The lowest BCUT2D eigenvalue weighted by Crippen LogP contribution is -2.40. The van der Waals surface area contributed by atoms with E-state index in [9.17, 15) is 8.42 Å². The second-order valence-corrected chi connectivity index (χ2v) is 6.76. The zero-order valence-corrected chi connectivity index (χ0v) is 13.2. The van der Waals surface area contributed by atoms with Crippen LogP contribution in [0.15, 0.2) is 47.6 Å². The van der Waals surface area contributed by atoms with E-state index in [1.807, 2.05) is 49.2 Å². The number of rotatable bonds is 6. The number of anilines is 1. The molecule has 0 saturated carbocycles. The van der Waals surface area contributed by atoms with Gasteiger partial charge in [-0.1, -0.05) is 18.2 Å². The Labute approximate surface area is 125 Å². The fourth-order valence-corrected chi connectivity index (χ4v) is 3.01. The van der Waals surface area contributed by atoms with Gasteiger partial charge in [0.1, 0.15) is 4.90 Å². The van der Waals surface area contributed by atoms with Crippen LogP contribution in [0.25, 0.3) is 0 Å². The molecule has 1 aromatic heterocycles. The maximum absolute atomic E-state index is 12.1. The van der Waals surface area contributed by atoms with Gasteiger partial charge in [-0.2, -0.15) is 5.10 Å². The largest absolute Gasteiger partial charge is 0.371 e. The van der Waals surface area contributed by atoms with Crippen molar-refractivity contribution in [3.05, 3.63) is 42.7 Å². The van der Waals surface area contributed by atoms with Crippen molar-refractivity contribution in [2.75, 3.05) is 18.5 Å². The average Bonchev–Trinajstić information content (AvgIpc) is 2.92. The third-order valence-electron chi connectivity index (χ3n) is 3.38. The number of aryl methyl sites for hydroxylation is 1. The van der Waals surface area contributed by atoms with Gasteiger partial charge in [-0.3, -0.25) is 4.68 Å². The quantitative estimate of drug-likeness (QED) is 0.871. The van der Waals surface area contributed by atoms with Crippen LogP contribution < -0.4 is 9.62 Å². The highest BCUT2D eigenvalue weighted by Gasteiger charge is 2.18. The SMILES string of the molecule is CC(CNS(=O)(=O)c1cnn(C)c1)N(C)c1ccccc1. The molecule has 0 saturated heterocycles.